The van der Waals surface area contributed by atoms with Gasteiger partial charge in [0.2, 0.25) is 21.8 Å². The lowest BCUT2D eigenvalue weighted by Crippen LogP contribution is -2.53. The molecule has 0 aliphatic rings. The number of nitrogens with zero attached hydrogens (tertiary/aromatic N) is 2. The van der Waals surface area contributed by atoms with Gasteiger partial charge in [0.15, 0.2) is 0 Å². The minimum absolute atomic E-state index is 0.0461. The Morgan fingerprint density at radius 3 is 2.21 bits per heavy atom. The molecule has 0 heterocycles. The van der Waals surface area contributed by atoms with E-state index in [4.69, 9.17) is 11.6 Å². The highest BCUT2D eigenvalue weighted by molar-refractivity contribution is 7.89. The number of nitrogens with one attached hydrogen (secondary N) is 1. The number of carbonyl (C=O) groups is 2. The number of benzene rings is 2. The highest BCUT2D eigenvalue weighted by Gasteiger charge is 2.31. The number of hydrogen-bond acceptors (Lipinski definition) is 4. The Morgan fingerprint density at radius 2 is 1.65 bits per heavy atom. The van der Waals surface area contributed by atoms with Gasteiger partial charge in [0.05, 0.1) is 11.4 Å². The van der Waals surface area contributed by atoms with Crippen molar-refractivity contribution in [2.75, 3.05) is 26.7 Å². The molecule has 0 unspecified atom stereocenters. The van der Waals surface area contributed by atoms with Gasteiger partial charge in [0, 0.05) is 25.2 Å². The van der Waals surface area contributed by atoms with E-state index in [2.05, 4.69) is 5.32 Å². The first kappa shape index (κ1) is 27.8. The zero-order valence-electron chi connectivity index (χ0n) is 20.2. The molecule has 2 amide bonds. The smallest absolute Gasteiger partial charge is 0.243 e. The Kier molecular flexibility index (Phi) is 10.5. The summed E-state index contributed by atoms with van der Waals surface area (Å²) in [5.74, 6) is -0.395. The molecule has 0 spiro atoms. The maximum absolute atomic E-state index is 13.4. The van der Waals surface area contributed by atoms with Gasteiger partial charge in [-0.15, -0.1) is 0 Å². The van der Waals surface area contributed by atoms with Crippen LogP contribution in [0.4, 0.5) is 0 Å². The third-order valence-electron chi connectivity index (χ3n) is 5.43. The number of halogens is 1. The van der Waals surface area contributed by atoms with Crippen LogP contribution in [-0.2, 0) is 26.0 Å². The quantitative estimate of drug-likeness (QED) is 0.475. The van der Waals surface area contributed by atoms with E-state index in [-0.39, 0.29) is 23.3 Å². The van der Waals surface area contributed by atoms with Gasteiger partial charge in [-0.1, -0.05) is 62.7 Å². The number of amides is 2. The summed E-state index contributed by atoms with van der Waals surface area (Å²) in [6.07, 6.45) is 0.965. The van der Waals surface area contributed by atoms with Crippen molar-refractivity contribution in [2.24, 2.45) is 5.92 Å². The van der Waals surface area contributed by atoms with Crippen LogP contribution in [0.2, 0.25) is 5.02 Å². The molecule has 0 bridgehead atoms. The van der Waals surface area contributed by atoms with Crippen LogP contribution in [0, 0.1) is 5.92 Å². The van der Waals surface area contributed by atoms with Crippen molar-refractivity contribution in [3.05, 3.63) is 65.2 Å². The molecule has 2 aromatic rings. The highest BCUT2D eigenvalue weighted by atomic mass is 35.5. The van der Waals surface area contributed by atoms with Crippen molar-refractivity contribution in [2.45, 2.75) is 44.6 Å². The van der Waals surface area contributed by atoms with Gasteiger partial charge in [0.25, 0.3) is 0 Å². The molecule has 34 heavy (non-hydrogen) atoms. The molecule has 9 heteroatoms. The standard InChI is InChI=1S/C25H34ClN3O4S/c1-5-23(25(31)27-17-19(2)3)29(16-15-20-9-7-6-8-10-20)24(30)18-28(4)34(32,33)22-13-11-21(26)12-14-22/h6-14,19,23H,5,15-18H2,1-4H3,(H,27,31)/t23-/m0/s1. The van der Waals surface area contributed by atoms with Crippen molar-refractivity contribution in [3.63, 3.8) is 0 Å². The molecule has 186 valence electrons. The SMILES string of the molecule is CC[C@@H](C(=O)NCC(C)C)N(CCc1ccccc1)C(=O)CN(C)S(=O)(=O)c1ccc(Cl)cc1. The van der Waals surface area contributed by atoms with E-state index in [9.17, 15) is 18.0 Å². The first-order valence-electron chi connectivity index (χ1n) is 11.4. The van der Waals surface area contributed by atoms with Crippen LogP contribution in [-0.4, -0.2) is 62.2 Å². The minimum Gasteiger partial charge on any atom is -0.354 e. The monoisotopic (exact) mass is 507 g/mol. The molecule has 0 aliphatic carbocycles. The average molecular weight is 508 g/mol. The maximum atomic E-state index is 13.4. The second kappa shape index (κ2) is 12.9. The van der Waals surface area contributed by atoms with Crippen LogP contribution in [0.1, 0.15) is 32.8 Å². The van der Waals surface area contributed by atoms with E-state index >= 15 is 0 Å². The second-order valence-corrected chi connectivity index (χ2v) is 11.1. The zero-order valence-corrected chi connectivity index (χ0v) is 21.8. The fraction of sp³-hybridized carbons (Fsp3) is 0.440. The van der Waals surface area contributed by atoms with Crippen LogP contribution in [0.15, 0.2) is 59.5 Å². The molecule has 1 N–H and O–H groups in total. The van der Waals surface area contributed by atoms with E-state index in [1.54, 1.807) is 0 Å². The third-order valence-corrected chi connectivity index (χ3v) is 7.50. The van der Waals surface area contributed by atoms with Crippen molar-refractivity contribution in [1.29, 1.82) is 0 Å². The largest absolute Gasteiger partial charge is 0.354 e. The van der Waals surface area contributed by atoms with E-state index in [0.717, 1.165) is 9.87 Å². The second-order valence-electron chi connectivity index (χ2n) is 8.60. The summed E-state index contributed by atoms with van der Waals surface area (Å²) in [4.78, 5) is 27.8. The molecule has 0 fully saturated rings. The fourth-order valence-electron chi connectivity index (χ4n) is 3.47. The molecule has 0 saturated carbocycles. The highest BCUT2D eigenvalue weighted by Crippen LogP contribution is 2.18. The topological polar surface area (TPSA) is 86.8 Å². The van der Waals surface area contributed by atoms with Crippen molar-refractivity contribution >= 4 is 33.4 Å². The van der Waals surface area contributed by atoms with Crippen LogP contribution >= 0.6 is 11.6 Å². The zero-order chi connectivity index (χ0) is 25.3. The predicted molar refractivity (Wildman–Crippen MR) is 135 cm³/mol. The lowest BCUT2D eigenvalue weighted by Gasteiger charge is -2.32. The Morgan fingerprint density at radius 1 is 1.03 bits per heavy atom. The molecule has 0 aliphatic heterocycles. The van der Waals surface area contributed by atoms with Crippen LogP contribution in [0.5, 0.6) is 0 Å². The molecule has 7 nitrogen and oxygen atoms in total. The maximum Gasteiger partial charge on any atom is 0.243 e. The summed E-state index contributed by atoms with van der Waals surface area (Å²) in [7, 11) is -2.54. The average Bonchev–Trinajstić information content (AvgIpc) is 2.81. The Bertz CT molecular complexity index is 1040. The molecule has 0 aromatic heterocycles. The molecular weight excluding hydrogens is 474 g/mol. The van der Waals surface area contributed by atoms with Crippen molar-refractivity contribution in [1.82, 2.24) is 14.5 Å². The van der Waals surface area contributed by atoms with Crippen LogP contribution in [0.3, 0.4) is 0 Å². The minimum atomic E-state index is -3.90. The third kappa shape index (κ3) is 7.82. The van der Waals surface area contributed by atoms with Crippen molar-refractivity contribution < 1.29 is 18.0 Å². The Hall–Kier alpha value is -2.42. The molecule has 0 saturated heterocycles. The van der Waals surface area contributed by atoms with Gasteiger partial charge in [-0.25, -0.2) is 8.42 Å². The number of hydrogen-bond donors (Lipinski definition) is 1. The van der Waals surface area contributed by atoms with Crippen molar-refractivity contribution in [3.8, 4) is 0 Å². The molecule has 2 aromatic carbocycles. The van der Waals surface area contributed by atoms with Gasteiger partial charge < -0.3 is 10.2 Å². The van der Waals surface area contributed by atoms with Gasteiger partial charge in [-0.05, 0) is 48.6 Å². The first-order valence-corrected chi connectivity index (χ1v) is 13.2. The number of likely N-dealkylation sites (N-methyl/N-ethyl adjacent to an activating group) is 1. The molecule has 0 radical (unpaired) electrons. The van der Waals surface area contributed by atoms with Gasteiger partial charge in [-0.2, -0.15) is 4.31 Å². The normalized spacial score (nSPS) is 12.6. The first-order chi connectivity index (χ1) is 16.1. The summed E-state index contributed by atoms with van der Waals surface area (Å²) < 4.78 is 26.9. The van der Waals surface area contributed by atoms with E-state index < -0.39 is 22.0 Å². The summed E-state index contributed by atoms with van der Waals surface area (Å²) in [6, 6.07) is 14.8. The van der Waals surface area contributed by atoms with E-state index in [0.29, 0.717) is 31.0 Å². The van der Waals surface area contributed by atoms with Gasteiger partial charge in [0.1, 0.15) is 6.04 Å². The fourth-order valence-corrected chi connectivity index (χ4v) is 4.72. The van der Waals surface area contributed by atoms with Gasteiger partial charge >= 0.3 is 0 Å². The van der Waals surface area contributed by atoms with E-state index in [1.807, 2.05) is 51.1 Å². The molecule has 1 atom stereocenters. The summed E-state index contributed by atoms with van der Waals surface area (Å²) in [6.45, 7) is 6.25. The van der Waals surface area contributed by atoms with E-state index in [1.165, 1.54) is 36.2 Å². The lowest BCUT2D eigenvalue weighted by molar-refractivity contribution is -0.140. The predicted octanol–water partition coefficient (Wildman–Crippen LogP) is 3.58. The summed E-state index contributed by atoms with van der Waals surface area (Å²) >= 11 is 5.87. The van der Waals surface area contributed by atoms with Crippen LogP contribution < -0.4 is 5.32 Å². The Balaban J connectivity index is 2.23. The lowest BCUT2D eigenvalue weighted by atomic mass is 10.1. The molecule has 2 rings (SSSR count). The summed E-state index contributed by atoms with van der Waals surface area (Å²) in [5, 5.41) is 3.32. The number of rotatable bonds is 12. The van der Waals surface area contributed by atoms with Gasteiger partial charge in [-0.3, -0.25) is 9.59 Å². The summed E-state index contributed by atoms with van der Waals surface area (Å²) in [5.41, 5.74) is 1.03. The van der Waals surface area contributed by atoms with Crippen LogP contribution in [0.25, 0.3) is 0 Å². The molecular formula is C25H34ClN3O4S. The Labute approximate surface area is 208 Å². The number of sulfonamides is 1. The number of carbonyl (C=O) groups excluding carboxylic acids is 2.